The summed E-state index contributed by atoms with van der Waals surface area (Å²) in [5, 5.41) is 3.34. The van der Waals surface area contributed by atoms with Crippen molar-refractivity contribution in [1.29, 1.82) is 0 Å². The number of rotatable bonds is 4. The first-order valence-corrected chi connectivity index (χ1v) is 8.50. The zero-order chi connectivity index (χ0) is 17.3. The van der Waals surface area contributed by atoms with Crippen molar-refractivity contribution in [2.45, 2.75) is 40.5 Å². The molecule has 3 rings (SSSR count). The summed E-state index contributed by atoms with van der Waals surface area (Å²) in [6.45, 7) is 8.32. The van der Waals surface area contributed by atoms with Gasteiger partial charge in [-0.2, -0.15) is 0 Å². The molecule has 0 saturated carbocycles. The number of hydrogen-bond donors (Lipinski definition) is 1. The SMILES string of the molecule is CCCc1c(-c2ccc(C)cc2)[nH]n(-c2ccc(C)c(C)c2)c1=O. The molecule has 0 fully saturated rings. The van der Waals surface area contributed by atoms with Gasteiger partial charge in [0.15, 0.2) is 0 Å². The van der Waals surface area contributed by atoms with Crippen molar-refractivity contribution in [3.05, 3.63) is 75.1 Å². The molecule has 2 aromatic carbocycles. The first-order valence-electron chi connectivity index (χ1n) is 8.50. The average molecular weight is 320 g/mol. The van der Waals surface area contributed by atoms with Gasteiger partial charge in [0.1, 0.15) is 0 Å². The summed E-state index contributed by atoms with van der Waals surface area (Å²) in [4.78, 5) is 12.9. The van der Waals surface area contributed by atoms with Gasteiger partial charge in [0.05, 0.1) is 11.4 Å². The third-order valence-electron chi connectivity index (χ3n) is 4.58. The van der Waals surface area contributed by atoms with Crippen LogP contribution in [0.25, 0.3) is 16.9 Å². The summed E-state index contributed by atoms with van der Waals surface area (Å²) < 4.78 is 1.67. The maximum absolute atomic E-state index is 12.9. The Morgan fingerprint density at radius 3 is 2.29 bits per heavy atom. The lowest BCUT2D eigenvalue weighted by Gasteiger charge is -2.06. The molecule has 1 aromatic heterocycles. The van der Waals surface area contributed by atoms with Crippen LogP contribution in [0.4, 0.5) is 0 Å². The largest absolute Gasteiger partial charge is 0.290 e. The van der Waals surface area contributed by atoms with E-state index in [0.29, 0.717) is 0 Å². The zero-order valence-electron chi connectivity index (χ0n) is 14.8. The van der Waals surface area contributed by atoms with E-state index in [1.54, 1.807) is 4.68 Å². The van der Waals surface area contributed by atoms with Crippen LogP contribution in [-0.4, -0.2) is 9.78 Å². The highest BCUT2D eigenvalue weighted by Gasteiger charge is 2.16. The van der Waals surface area contributed by atoms with Crippen molar-refractivity contribution in [1.82, 2.24) is 9.78 Å². The Hall–Kier alpha value is -2.55. The highest BCUT2D eigenvalue weighted by atomic mass is 16.1. The van der Waals surface area contributed by atoms with E-state index in [9.17, 15) is 4.79 Å². The van der Waals surface area contributed by atoms with Crippen LogP contribution in [0.3, 0.4) is 0 Å². The van der Waals surface area contributed by atoms with Gasteiger partial charge in [-0.15, -0.1) is 0 Å². The third-order valence-corrected chi connectivity index (χ3v) is 4.58. The van der Waals surface area contributed by atoms with E-state index in [1.807, 2.05) is 6.07 Å². The van der Waals surface area contributed by atoms with Gasteiger partial charge in [0.2, 0.25) is 0 Å². The fourth-order valence-corrected chi connectivity index (χ4v) is 2.96. The van der Waals surface area contributed by atoms with Crippen LogP contribution in [0.15, 0.2) is 47.3 Å². The van der Waals surface area contributed by atoms with Crippen molar-refractivity contribution in [3.8, 4) is 16.9 Å². The van der Waals surface area contributed by atoms with Gasteiger partial charge in [0.25, 0.3) is 5.56 Å². The molecule has 3 heteroatoms. The Balaban J connectivity index is 2.18. The summed E-state index contributed by atoms with van der Waals surface area (Å²) in [6, 6.07) is 14.4. The monoisotopic (exact) mass is 320 g/mol. The lowest BCUT2D eigenvalue weighted by atomic mass is 10.0. The molecule has 0 unspecified atom stereocenters. The normalized spacial score (nSPS) is 11.0. The number of benzene rings is 2. The van der Waals surface area contributed by atoms with Gasteiger partial charge in [-0.25, -0.2) is 4.68 Å². The molecule has 0 radical (unpaired) electrons. The molecule has 0 saturated heterocycles. The van der Waals surface area contributed by atoms with Gasteiger partial charge in [0, 0.05) is 5.56 Å². The van der Waals surface area contributed by atoms with E-state index in [4.69, 9.17) is 0 Å². The standard InChI is InChI=1S/C21H24N2O/c1-5-6-19-20(17-10-7-14(2)8-11-17)22-23(21(19)24)18-12-9-15(3)16(4)13-18/h7-13,22H,5-6H2,1-4H3. The van der Waals surface area contributed by atoms with Crippen molar-refractivity contribution < 1.29 is 0 Å². The van der Waals surface area contributed by atoms with E-state index in [1.165, 1.54) is 16.7 Å². The van der Waals surface area contributed by atoms with Crippen LogP contribution in [0.5, 0.6) is 0 Å². The number of aromatic amines is 1. The second-order valence-electron chi connectivity index (χ2n) is 6.49. The minimum absolute atomic E-state index is 0.0516. The number of nitrogens with one attached hydrogen (secondary N) is 1. The molecule has 1 N–H and O–H groups in total. The minimum atomic E-state index is 0.0516. The summed E-state index contributed by atoms with van der Waals surface area (Å²) in [7, 11) is 0. The van der Waals surface area contributed by atoms with Crippen LogP contribution < -0.4 is 5.56 Å². The van der Waals surface area contributed by atoms with Crippen molar-refractivity contribution in [2.24, 2.45) is 0 Å². The van der Waals surface area contributed by atoms with Crippen LogP contribution in [0.2, 0.25) is 0 Å². The molecule has 3 aromatic rings. The second-order valence-corrected chi connectivity index (χ2v) is 6.49. The van der Waals surface area contributed by atoms with Crippen LogP contribution >= 0.6 is 0 Å². The fourth-order valence-electron chi connectivity index (χ4n) is 2.96. The molecule has 3 nitrogen and oxygen atoms in total. The van der Waals surface area contributed by atoms with Crippen molar-refractivity contribution in [2.75, 3.05) is 0 Å². The lowest BCUT2D eigenvalue weighted by Crippen LogP contribution is -2.17. The predicted octanol–water partition coefficient (Wildman–Crippen LogP) is 4.71. The molecular formula is C21H24N2O. The van der Waals surface area contributed by atoms with Crippen LogP contribution in [0, 0.1) is 20.8 Å². The maximum Gasteiger partial charge on any atom is 0.275 e. The first-order chi connectivity index (χ1) is 11.5. The van der Waals surface area contributed by atoms with Gasteiger partial charge in [-0.05, 0) is 56.0 Å². The molecule has 0 bridgehead atoms. The van der Waals surface area contributed by atoms with E-state index >= 15 is 0 Å². The van der Waals surface area contributed by atoms with Gasteiger partial charge in [-0.1, -0.05) is 49.2 Å². The molecule has 0 amide bonds. The third kappa shape index (κ3) is 2.94. The van der Waals surface area contributed by atoms with Gasteiger partial charge in [-0.3, -0.25) is 9.89 Å². The molecular weight excluding hydrogens is 296 g/mol. The molecule has 0 aliphatic carbocycles. The summed E-state index contributed by atoms with van der Waals surface area (Å²) in [5.74, 6) is 0. The van der Waals surface area contributed by atoms with Gasteiger partial charge < -0.3 is 0 Å². The van der Waals surface area contributed by atoms with E-state index < -0.39 is 0 Å². The second kappa shape index (κ2) is 6.52. The summed E-state index contributed by atoms with van der Waals surface area (Å²) >= 11 is 0. The quantitative estimate of drug-likeness (QED) is 0.742. The van der Waals surface area contributed by atoms with E-state index in [-0.39, 0.29) is 5.56 Å². The fraction of sp³-hybridized carbons (Fsp3) is 0.286. The number of aromatic nitrogens is 2. The smallest absolute Gasteiger partial charge is 0.275 e. The lowest BCUT2D eigenvalue weighted by molar-refractivity contribution is 0.841. The number of H-pyrrole nitrogens is 1. The van der Waals surface area contributed by atoms with Crippen LogP contribution in [-0.2, 0) is 6.42 Å². The maximum atomic E-state index is 12.9. The molecule has 0 atom stereocenters. The number of nitrogens with zero attached hydrogens (tertiary/aromatic N) is 1. The molecule has 24 heavy (non-hydrogen) atoms. The van der Waals surface area contributed by atoms with Crippen molar-refractivity contribution >= 4 is 0 Å². The molecule has 0 aliphatic rings. The summed E-state index contributed by atoms with van der Waals surface area (Å²) in [5.41, 5.74) is 7.42. The van der Waals surface area contributed by atoms with Crippen molar-refractivity contribution in [3.63, 3.8) is 0 Å². The molecule has 0 aliphatic heterocycles. The van der Waals surface area contributed by atoms with Crippen LogP contribution in [0.1, 0.15) is 35.6 Å². The Morgan fingerprint density at radius 1 is 0.958 bits per heavy atom. The highest BCUT2D eigenvalue weighted by Crippen LogP contribution is 2.23. The molecule has 124 valence electrons. The Labute approximate surface area is 143 Å². The number of hydrogen-bond acceptors (Lipinski definition) is 1. The average Bonchev–Trinajstić information content (AvgIpc) is 2.89. The topological polar surface area (TPSA) is 37.8 Å². The zero-order valence-corrected chi connectivity index (χ0v) is 14.8. The first kappa shape index (κ1) is 16.3. The molecule has 0 spiro atoms. The van der Waals surface area contributed by atoms with Gasteiger partial charge >= 0.3 is 0 Å². The minimum Gasteiger partial charge on any atom is -0.290 e. The van der Waals surface area contributed by atoms with E-state index in [2.05, 4.69) is 69.2 Å². The predicted molar refractivity (Wildman–Crippen MR) is 100 cm³/mol. The number of aryl methyl sites for hydroxylation is 3. The Bertz CT molecular complexity index is 914. The van der Waals surface area contributed by atoms with E-state index in [0.717, 1.165) is 35.3 Å². The molecule has 1 heterocycles. The Morgan fingerprint density at radius 2 is 1.67 bits per heavy atom. The summed E-state index contributed by atoms with van der Waals surface area (Å²) in [6.07, 6.45) is 1.72. The highest BCUT2D eigenvalue weighted by molar-refractivity contribution is 5.63. The Kier molecular flexibility index (Phi) is 4.43.